The molecule has 2 atom stereocenters. The molecule has 0 aliphatic carbocycles. The highest BCUT2D eigenvalue weighted by atomic mass is 16.5. The van der Waals surface area contributed by atoms with Crippen LogP contribution in [0.1, 0.15) is 65.7 Å². The summed E-state index contributed by atoms with van der Waals surface area (Å²) in [6.07, 6.45) is 9.48. The van der Waals surface area contributed by atoms with Gasteiger partial charge in [-0.05, 0) is 44.1 Å². The maximum atomic E-state index is 5.41. The van der Waals surface area contributed by atoms with E-state index in [1.807, 2.05) is 0 Å². The van der Waals surface area contributed by atoms with Crippen LogP contribution in [0, 0.1) is 11.8 Å². The minimum absolute atomic E-state index is 0.720. The molecule has 1 aliphatic rings. The second kappa shape index (κ2) is 9.80. The van der Waals surface area contributed by atoms with Crippen LogP contribution in [-0.2, 0) is 4.74 Å². The summed E-state index contributed by atoms with van der Waals surface area (Å²) in [6.45, 7) is 10.0. The van der Waals surface area contributed by atoms with Crippen LogP contribution in [0.3, 0.4) is 0 Å². The van der Waals surface area contributed by atoms with E-state index < -0.39 is 0 Å². The summed E-state index contributed by atoms with van der Waals surface area (Å²) < 4.78 is 5.41. The predicted octanol–water partition coefficient (Wildman–Crippen LogP) is 4.00. The van der Waals surface area contributed by atoms with Gasteiger partial charge >= 0.3 is 0 Å². The average Bonchev–Trinajstić information content (AvgIpc) is 2.42. The fourth-order valence-electron chi connectivity index (χ4n) is 3.15. The highest BCUT2D eigenvalue weighted by Crippen LogP contribution is 2.23. The van der Waals surface area contributed by atoms with Gasteiger partial charge in [0.1, 0.15) is 0 Å². The van der Waals surface area contributed by atoms with Gasteiger partial charge in [0.2, 0.25) is 0 Å². The summed E-state index contributed by atoms with van der Waals surface area (Å²) in [5.41, 5.74) is 0. The van der Waals surface area contributed by atoms with Gasteiger partial charge in [0.05, 0.1) is 0 Å². The van der Waals surface area contributed by atoms with Crippen LogP contribution in [0.15, 0.2) is 0 Å². The van der Waals surface area contributed by atoms with Crippen molar-refractivity contribution in [3.63, 3.8) is 0 Å². The Kier molecular flexibility index (Phi) is 8.70. The topological polar surface area (TPSA) is 21.3 Å². The molecule has 108 valence electrons. The lowest BCUT2D eigenvalue weighted by atomic mass is 9.90. The van der Waals surface area contributed by atoms with Gasteiger partial charge in [0, 0.05) is 19.3 Å². The molecule has 0 bridgehead atoms. The minimum atomic E-state index is 0.720. The summed E-state index contributed by atoms with van der Waals surface area (Å²) >= 11 is 0. The maximum Gasteiger partial charge on any atom is 0.0468 e. The minimum Gasteiger partial charge on any atom is -0.381 e. The van der Waals surface area contributed by atoms with E-state index in [2.05, 4.69) is 26.1 Å². The molecule has 0 saturated carbocycles. The zero-order valence-electron chi connectivity index (χ0n) is 12.7. The van der Waals surface area contributed by atoms with Crippen molar-refractivity contribution in [2.75, 3.05) is 19.8 Å². The van der Waals surface area contributed by atoms with Gasteiger partial charge in [-0.15, -0.1) is 0 Å². The Bertz CT molecular complexity index is 190. The molecule has 1 saturated heterocycles. The number of hydrogen-bond acceptors (Lipinski definition) is 2. The Hall–Kier alpha value is -0.0800. The van der Waals surface area contributed by atoms with Crippen molar-refractivity contribution in [3.8, 4) is 0 Å². The molecule has 2 nitrogen and oxygen atoms in total. The molecular formula is C16H33NO. The van der Waals surface area contributed by atoms with E-state index in [0.717, 1.165) is 37.6 Å². The van der Waals surface area contributed by atoms with Gasteiger partial charge in [0.25, 0.3) is 0 Å². The third kappa shape index (κ3) is 6.19. The van der Waals surface area contributed by atoms with E-state index in [0.29, 0.717) is 0 Å². The first-order chi connectivity index (χ1) is 8.77. The zero-order valence-corrected chi connectivity index (χ0v) is 12.7. The number of ether oxygens (including phenoxy) is 1. The maximum absolute atomic E-state index is 5.41. The molecule has 0 aromatic rings. The fourth-order valence-corrected chi connectivity index (χ4v) is 3.15. The largest absolute Gasteiger partial charge is 0.381 e. The molecule has 2 unspecified atom stereocenters. The Morgan fingerprint density at radius 3 is 2.50 bits per heavy atom. The summed E-state index contributed by atoms with van der Waals surface area (Å²) in [4.78, 5) is 0. The number of hydrogen-bond donors (Lipinski definition) is 1. The van der Waals surface area contributed by atoms with Crippen molar-refractivity contribution >= 4 is 0 Å². The van der Waals surface area contributed by atoms with Crippen LogP contribution in [0.5, 0.6) is 0 Å². The van der Waals surface area contributed by atoms with Crippen LogP contribution in [0.4, 0.5) is 0 Å². The predicted molar refractivity (Wildman–Crippen MR) is 78.9 cm³/mol. The van der Waals surface area contributed by atoms with Crippen molar-refractivity contribution < 1.29 is 4.74 Å². The Morgan fingerprint density at radius 1 is 1.17 bits per heavy atom. The van der Waals surface area contributed by atoms with Gasteiger partial charge in [-0.2, -0.15) is 0 Å². The van der Waals surface area contributed by atoms with E-state index in [1.54, 1.807) is 0 Å². The normalized spacial score (nSPS) is 20.8. The Morgan fingerprint density at radius 2 is 1.89 bits per heavy atom. The van der Waals surface area contributed by atoms with E-state index >= 15 is 0 Å². The molecule has 0 amide bonds. The van der Waals surface area contributed by atoms with Crippen LogP contribution in [0.2, 0.25) is 0 Å². The lowest BCUT2D eigenvalue weighted by Crippen LogP contribution is -2.34. The number of nitrogens with one attached hydrogen (secondary N) is 1. The van der Waals surface area contributed by atoms with Crippen molar-refractivity contribution in [2.24, 2.45) is 11.8 Å². The van der Waals surface area contributed by atoms with E-state index in [-0.39, 0.29) is 0 Å². The standard InChI is InChI=1S/C16H33NO/c1-4-16(17-5-2)14(3)8-6-7-9-15-10-12-18-13-11-15/h14-17H,4-13H2,1-3H3. The monoisotopic (exact) mass is 255 g/mol. The first-order valence-corrected chi connectivity index (χ1v) is 8.09. The van der Waals surface area contributed by atoms with Gasteiger partial charge in [-0.1, -0.05) is 40.0 Å². The van der Waals surface area contributed by atoms with Crippen LogP contribution in [-0.4, -0.2) is 25.8 Å². The molecule has 1 heterocycles. The molecule has 1 fully saturated rings. The molecule has 2 heteroatoms. The van der Waals surface area contributed by atoms with Crippen LogP contribution < -0.4 is 5.32 Å². The third-order valence-electron chi connectivity index (χ3n) is 4.46. The molecule has 0 radical (unpaired) electrons. The van der Waals surface area contributed by atoms with Gasteiger partial charge in [0.15, 0.2) is 0 Å². The summed E-state index contributed by atoms with van der Waals surface area (Å²) in [5, 5.41) is 3.61. The van der Waals surface area contributed by atoms with Crippen LogP contribution in [0.25, 0.3) is 0 Å². The molecule has 18 heavy (non-hydrogen) atoms. The SMILES string of the molecule is CCNC(CC)C(C)CCCCC1CCOCC1. The van der Waals surface area contributed by atoms with Crippen LogP contribution >= 0.6 is 0 Å². The second-order valence-electron chi connectivity index (χ2n) is 5.89. The van der Waals surface area contributed by atoms with Crippen molar-refractivity contribution in [2.45, 2.75) is 71.8 Å². The van der Waals surface area contributed by atoms with Gasteiger partial charge in [-0.3, -0.25) is 0 Å². The van der Waals surface area contributed by atoms with E-state index in [1.165, 1.54) is 44.9 Å². The lowest BCUT2D eigenvalue weighted by Gasteiger charge is -2.24. The molecule has 1 aliphatic heterocycles. The molecule has 0 aromatic carbocycles. The first-order valence-electron chi connectivity index (χ1n) is 8.09. The second-order valence-corrected chi connectivity index (χ2v) is 5.89. The highest BCUT2D eigenvalue weighted by molar-refractivity contribution is 4.71. The fraction of sp³-hybridized carbons (Fsp3) is 1.00. The van der Waals surface area contributed by atoms with E-state index in [4.69, 9.17) is 4.74 Å². The Labute approximate surface area is 114 Å². The van der Waals surface area contributed by atoms with Gasteiger partial charge in [-0.25, -0.2) is 0 Å². The zero-order chi connectivity index (χ0) is 13.2. The number of rotatable bonds is 9. The smallest absolute Gasteiger partial charge is 0.0468 e. The third-order valence-corrected chi connectivity index (χ3v) is 4.46. The summed E-state index contributed by atoms with van der Waals surface area (Å²) in [6, 6.07) is 0.720. The molecule has 1 rings (SSSR count). The Balaban J connectivity index is 2.05. The molecule has 0 aromatic heterocycles. The van der Waals surface area contributed by atoms with Gasteiger partial charge < -0.3 is 10.1 Å². The first kappa shape index (κ1) is 16.0. The highest BCUT2D eigenvalue weighted by Gasteiger charge is 2.15. The van der Waals surface area contributed by atoms with E-state index in [9.17, 15) is 0 Å². The summed E-state index contributed by atoms with van der Waals surface area (Å²) in [7, 11) is 0. The number of unbranched alkanes of at least 4 members (excludes halogenated alkanes) is 1. The quantitative estimate of drug-likeness (QED) is 0.629. The summed E-state index contributed by atoms with van der Waals surface area (Å²) in [5.74, 6) is 1.77. The van der Waals surface area contributed by atoms with Crippen molar-refractivity contribution in [3.05, 3.63) is 0 Å². The van der Waals surface area contributed by atoms with Crippen molar-refractivity contribution in [1.29, 1.82) is 0 Å². The lowest BCUT2D eigenvalue weighted by molar-refractivity contribution is 0.0630. The molecule has 1 N–H and O–H groups in total. The molecular weight excluding hydrogens is 222 g/mol. The van der Waals surface area contributed by atoms with Crippen molar-refractivity contribution in [1.82, 2.24) is 5.32 Å². The molecule has 0 spiro atoms. The average molecular weight is 255 g/mol.